The Hall–Kier alpha value is -2.42. The van der Waals surface area contributed by atoms with E-state index in [1.165, 1.54) is 34.5 Å². The summed E-state index contributed by atoms with van der Waals surface area (Å²) in [7, 11) is -2.32. The van der Waals surface area contributed by atoms with Gasteiger partial charge in [0.25, 0.3) is 5.91 Å². The molecule has 166 valence electrons. The normalized spacial score (nSPS) is 16.2. The molecule has 2 aromatic rings. The number of rotatable bonds is 6. The number of amides is 2. The molecule has 0 spiro atoms. The highest BCUT2D eigenvalue weighted by atomic mass is 35.5. The average molecular weight is 464 g/mol. The van der Waals surface area contributed by atoms with Gasteiger partial charge in [-0.1, -0.05) is 49.7 Å². The van der Waals surface area contributed by atoms with Gasteiger partial charge in [-0.25, -0.2) is 8.42 Å². The number of benzene rings is 2. The van der Waals surface area contributed by atoms with Crippen molar-refractivity contribution in [2.45, 2.75) is 37.8 Å². The summed E-state index contributed by atoms with van der Waals surface area (Å²) in [5.41, 5.74) is 2.14. The Kier molecular flexibility index (Phi) is 7.03. The smallest absolute Gasteiger partial charge is 0.254 e. The topological polar surface area (TPSA) is 86.8 Å². The van der Waals surface area contributed by atoms with Crippen molar-refractivity contribution < 1.29 is 18.0 Å². The Morgan fingerprint density at radius 3 is 2.39 bits per heavy atom. The molecule has 0 fully saturated rings. The molecule has 9 heteroatoms. The Morgan fingerprint density at radius 1 is 1.13 bits per heavy atom. The number of carbonyl (C=O) groups is 2. The summed E-state index contributed by atoms with van der Waals surface area (Å²) in [4.78, 5) is 27.3. The predicted octanol–water partition coefficient (Wildman–Crippen LogP) is 2.68. The van der Waals surface area contributed by atoms with E-state index in [4.69, 9.17) is 11.6 Å². The van der Waals surface area contributed by atoms with Gasteiger partial charge in [0.2, 0.25) is 15.9 Å². The van der Waals surface area contributed by atoms with Gasteiger partial charge >= 0.3 is 0 Å². The van der Waals surface area contributed by atoms with Gasteiger partial charge in [-0.2, -0.15) is 4.31 Å². The summed E-state index contributed by atoms with van der Waals surface area (Å²) >= 11 is 6.20. The van der Waals surface area contributed by atoms with Crippen molar-refractivity contribution in [3.63, 3.8) is 0 Å². The highest BCUT2D eigenvalue weighted by Crippen LogP contribution is 2.29. The van der Waals surface area contributed by atoms with Gasteiger partial charge in [0.05, 0.1) is 5.02 Å². The summed E-state index contributed by atoms with van der Waals surface area (Å²) in [5.74, 6) is -0.691. The largest absolute Gasteiger partial charge is 0.357 e. The number of hydrogen-bond donors (Lipinski definition) is 1. The molecule has 0 unspecified atom stereocenters. The van der Waals surface area contributed by atoms with Crippen molar-refractivity contribution >= 4 is 33.4 Å². The number of hydrogen-bond acceptors (Lipinski definition) is 4. The molecule has 0 bridgehead atoms. The summed E-state index contributed by atoms with van der Waals surface area (Å²) in [5, 5.41) is 2.67. The zero-order chi connectivity index (χ0) is 22.8. The zero-order valence-electron chi connectivity index (χ0n) is 17.8. The van der Waals surface area contributed by atoms with Crippen molar-refractivity contribution in [3.8, 4) is 0 Å². The second kappa shape index (κ2) is 9.38. The Balaban J connectivity index is 2.03. The summed E-state index contributed by atoms with van der Waals surface area (Å²) in [6.45, 7) is 4.31. The van der Waals surface area contributed by atoms with Crippen LogP contribution in [0.5, 0.6) is 0 Å². The van der Waals surface area contributed by atoms with E-state index in [0.29, 0.717) is 6.42 Å². The van der Waals surface area contributed by atoms with Crippen LogP contribution in [-0.2, 0) is 27.8 Å². The van der Waals surface area contributed by atoms with Crippen LogP contribution in [0.25, 0.3) is 0 Å². The molecule has 3 rings (SSSR count). The fourth-order valence-corrected chi connectivity index (χ4v) is 5.80. The fraction of sp³-hybridized carbons (Fsp3) is 0.364. The third-order valence-corrected chi connectivity index (χ3v) is 8.09. The lowest BCUT2D eigenvalue weighted by molar-refractivity contribution is -0.125. The lowest BCUT2D eigenvalue weighted by Crippen LogP contribution is -2.52. The quantitative estimate of drug-likeness (QED) is 0.713. The molecule has 0 saturated heterocycles. The van der Waals surface area contributed by atoms with Gasteiger partial charge in [0, 0.05) is 38.7 Å². The minimum absolute atomic E-state index is 0.0512. The third-order valence-electron chi connectivity index (χ3n) is 5.56. The number of nitrogens with one attached hydrogen (secondary N) is 1. The van der Waals surface area contributed by atoms with E-state index in [-0.39, 0.29) is 41.0 Å². The van der Waals surface area contributed by atoms with Crippen molar-refractivity contribution in [1.29, 1.82) is 0 Å². The van der Waals surface area contributed by atoms with Crippen LogP contribution in [0.1, 0.15) is 35.3 Å². The maximum Gasteiger partial charge on any atom is 0.254 e. The summed E-state index contributed by atoms with van der Waals surface area (Å²) < 4.78 is 27.3. The van der Waals surface area contributed by atoms with Gasteiger partial charge in [-0.3, -0.25) is 9.59 Å². The second-order valence-electron chi connectivity index (χ2n) is 7.27. The van der Waals surface area contributed by atoms with Crippen molar-refractivity contribution in [1.82, 2.24) is 14.5 Å². The number of halogens is 1. The Morgan fingerprint density at radius 2 is 1.77 bits per heavy atom. The molecule has 1 aliphatic heterocycles. The van der Waals surface area contributed by atoms with Crippen LogP contribution in [0.15, 0.2) is 47.4 Å². The van der Waals surface area contributed by atoms with Crippen LogP contribution in [-0.4, -0.2) is 55.6 Å². The van der Waals surface area contributed by atoms with Crippen LogP contribution in [0.3, 0.4) is 0 Å². The van der Waals surface area contributed by atoms with E-state index >= 15 is 0 Å². The van der Waals surface area contributed by atoms with Crippen LogP contribution >= 0.6 is 11.6 Å². The van der Waals surface area contributed by atoms with Crippen LogP contribution in [0.2, 0.25) is 5.02 Å². The van der Waals surface area contributed by atoms with Crippen LogP contribution in [0, 0.1) is 0 Å². The molecule has 0 radical (unpaired) electrons. The van der Waals surface area contributed by atoms with Gasteiger partial charge in [0.15, 0.2) is 0 Å². The van der Waals surface area contributed by atoms with Gasteiger partial charge in [0.1, 0.15) is 10.9 Å². The standard InChI is InChI=1S/C22H26ClN3O4S/c1-4-25(5-2)31(29,30)20-13-16(10-11-18(20)23)22(28)26-14-17-9-7-6-8-15(17)12-19(26)21(27)24-3/h6-11,13,19H,4-5,12,14H2,1-3H3,(H,24,27)/t19-/m0/s1. The van der Waals surface area contributed by atoms with Crippen molar-refractivity contribution in [3.05, 3.63) is 64.2 Å². The number of likely N-dealkylation sites (N-methyl/N-ethyl adjacent to an activating group) is 1. The molecule has 0 saturated carbocycles. The van der Waals surface area contributed by atoms with E-state index in [9.17, 15) is 18.0 Å². The molecule has 1 heterocycles. The number of sulfonamides is 1. The molecular formula is C22H26ClN3O4S. The highest BCUT2D eigenvalue weighted by Gasteiger charge is 2.35. The van der Waals surface area contributed by atoms with Crippen LogP contribution < -0.4 is 5.32 Å². The molecule has 31 heavy (non-hydrogen) atoms. The first-order chi connectivity index (χ1) is 14.7. The van der Waals surface area contributed by atoms with E-state index in [1.807, 2.05) is 24.3 Å². The first-order valence-electron chi connectivity index (χ1n) is 10.1. The molecule has 1 atom stereocenters. The summed E-state index contributed by atoms with van der Waals surface area (Å²) in [6, 6.07) is 11.2. The van der Waals surface area contributed by atoms with Crippen molar-refractivity contribution in [2.24, 2.45) is 0 Å². The zero-order valence-corrected chi connectivity index (χ0v) is 19.3. The lowest BCUT2D eigenvalue weighted by atomic mass is 9.93. The monoisotopic (exact) mass is 463 g/mol. The molecule has 0 aliphatic carbocycles. The minimum atomic E-state index is -3.85. The van der Waals surface area contributed by atoms with E-state index < -0.39 is 22.0 Å². The fourth-order valence-electron chi connectivity index (χ4n) is 3.84. The average Bonchev–Trinajstić information content (AvgIpc) is 2.78. The predicted molar refractivity (Wildman–Crippen MR) is 119 cm³/mol. The molecule has 2 aromatic carbocycles. The van der Waals surface area contributed by atoms with Crippen LogP contribution in [0.4, 0.5) is 0 Å². The second-order valence-corrected chi connectivity index (χ2v) is 9.58. The lowest BCUT2D eigenvalue weighted by Gasteiger charge is -2.36. The maximum absolute atomic E-state index is 13.4. The van der Waals surface area contributed by atoms with E-state index in [1.54, 1.807) is 13.8 Å². The first-order valence-corrected chi connectivity index (χ1v) is 11.9. The molecule has 2 amide bonds. The molecule has 7 nitrogen and oxygen atoms in total. The maximum atomic E-state index is 13.4. The number of nitrogens with zero attached hydrogens (tertiary/aromatic N) is 2. The van der Waals surface area contributed by atoms with Crippen molar-refractivity contribution in [2.75, 3.05) is 20.1 Å². The Labute approximate surface area is 188 Å². The number of carbonyl (C=O) groups excluding carboxylic acids is 2. The third kappa shape index (κ3) is 4.46. The van der Waals surface area contributed by atoms with Gasteiger partial charge < -0.3 is 10.2 Å². The number of fused-ring (bicyclic) bond motifs is 1. The first kappa shape index (κ1) is 23.2. The van der Waals surface area contributed by atoms with Gasteiger partial charge in [-0.05, 0) is 29.3 Å². The Bertz CT molecular complexity index is 1100. The highest BCUT2D eigenvalue weighted by molar-refractivity contribution is 7.89. The van der Waals surface area contributed by atoms with E-state index in [0.717, 1.165) is 11.1 Å². The molecule has 1 aliphatic rings. The summed E-state index contributed by atoms with van der Waals surface area (Å²) in [6.07, 6.45) is 0.389. The van der Waals surface area contributed by atoms with E-state index in [2.05, 4.69) is 5.32 Å². The molecular weight excluding hydrogens is 438 g/mol. The SMILES string of the molecule is CCN(CC)S(=O)(=O)c1cc(C(=O)N2Cc3ccccc3C[C@H]2C(=O)NC)ccc1Cl. The molecule has 1 N–H and O–H groups in total. The van der Waals surface area contributed by atoms with Gasteiger partial charge in [-0.15, -0.1) is 0 Å². The molecule has 0 aromatic heterocycles. The minimum Gasteiger partial charge on any atom is -0.357 e.